The van der Waals surface area contributed by atoms with E-state index in [1.807, 2.05) is 6.92 Å². The van der Waals surface area contributed by atoms with Gasteiger partial charge in [0.1, 0.15) is 0 Å². The second-order valence-corrected chi connectivity index (χ2v) is 4.13. The van der Waals surface area contributed by atoms with Gasteiger partial charge in [0.25, 0.3) is 0 Å². The van der Waals surface area contributed by atoms with Crippen LogP contribution in [0.2, 0.25) is 0 Å². The first-order valence-electron chi connectivity index (χ1n) is 5.67. The predicted molar refractivity (Wildman–Crippen MR) is 56.4 cm³/mol. The molecule has 0 spiro atoms. The molecule has 0 unspecified atom stereocenters. The fourth-order valence-electron chi connectivity index (χ4n) is 2.12. The SMILES string of the molecule is CCCNC(=O)[C@@H]1CCCC[C@H]1C(=O)O. The Hall–Kier alpha value is -1.06. The minimum atomic E-state index is -0.827. The topological polar surface area (TPSA) is 66.4 Å². The van der Waals surface area contributed by atoms with Gasteiger partial charge in [0.05, 0.1) is 11.8 Å². The predicted octanol–water partition coefficient (Wildman–Crippen LogP) is 1.40. The molecule has 0 aromatic heterocycles. The summed E-state index contributed by atoms with van der Waals surface area (Å²) in [6.45, 7) is 2.62. The molecule has 1 saturated carbocycles. The van der Waals surface area contributed by atoms with Gasteiger partial charge in [0.2, 0.25) is 5.91 Å². The van der Waals surface area contributed by atoms with Crippen LogP contribution in [-0.2, 0) is 9.59 Å². The average Bonchev–Trinajstić information content (AvgIpc) is 2.25. The second-order valence-electron chi connectivity index (χ2n) is 4.13. The summed E-state index contributed by atoms with van der Waals surface area (Å²) in [7, 11) is 0. The molecule has 0 aromatic carbocycles. The standard InChI is InChI=1S/C11H19NO3/c1-2-7-12-10(13)8-5-3-4-6-9(8)11(14)15/h8-9H,2-7H2,1H3,(H,12,13)(H,14,15)/t8-,9-/m1/s1. The Morgan fingerprint density at radius 3 is 2.40 bits per heavy atom. The first-order valence-corrected chi connectivity index (χ1v) is 5.67. The lowest BCUT2D eigenvalue weighted by atomic mass is 9.79. The van der Waals surface area contributed by atoms with E-state index < -0.39 is 11.9 Å². The Bertz CT molecular complexity index is 240. The Balaban J connectivity index is 2.55. The van der Waals surface area contributed by atoms with Crippen molar-refractivity contribution in [1.29, 1.82) is 0 Å². The van der Waals surface area contributed by atoms with Crippen molar-refractivity contribution in [2.45, 2.75) is 39.0 Å². The molecule has 0 bridgehead atoms. The summed E-state index contributed by atoms with van der Waals surface area (Å²) < 4.78 is 0. The number of hydrogen-bond acceptors (Lipinski definition) is 2. The normalized spacial score (nSPS) is 25.9. The third kappa shape index (κ3) is 3.22. The molecule has 4 nitrogen and oxygen atoms in total. The van der Waals surface area contributed by atoms with Gasteiger partial charge in [-0.25, -0.2) is 0 Å². The van der Waals surface area contributed by atoms with Crippen LogP contribution in [0.5, 0.6) is 0 Å². The highest BCUT2D eigenvalue weighted by atomic mass is 16.4. The summed E-state index contributed by atoms with van der Waals surface area (Å²) >= 11 is 0. The van der Waals surface area contributed by atoms with E-state index >= 15 is 0 Å². The number of aliphatic carboxylic acids is 1. The van der Waals surface area contributed by atoms with Crippen LogP contribution in [0, 0.1) is 11.8 Å². The fourth-order valence-corrected chi connectivity index (χ4v) is 2.12. The third-order valence-electron chi connectivity index (χ3n) is 2.97. The lowest BCUT2D eigenvalue weighted by molar-refractivity contribution is -0.148. The van der Waals surface area contributed by atoms with Gasteiger partial charge in [-0.05, 0) is 19.3 Å². The summed E-state index contributed by atoms with van der Waals surface area (Å²) in [4.78, 5) is 22.7. The number of carbonyl (C=O) groups is 2. The molecule has 15 heavy (non-hydrogen) atoms. The zero-order valence-corrected chi connectivity index (χ0v) is 9.16. The van der Waals surface area contributed by atoms with Crippen molar-refractivity contribution < 1.29 is 14.7 Å². The van der Waals surface area contributed by atoms with Gasteiger partial charge in [-0.2, -0.15) is 0 Å². The van der Waals surface area contributed by atoms with Crippen LogP contribution in [0.25, 0.3) is 0 Å². The van der Waals surface area contributed by atoms with Crippen molar-refractivity contribution in [3.8, 4) is 0 Å². The van der Waals surface area contributed by atoms with E-state index in [2.05, 4.69) is 5.32 Å². The maximum absolute atomic E-state index is 11.7. The van der Waals surface area contributed by atoms with Crippen molar-refractivity contribution in [1.82, 2.24) is 5.32 Å². The van der Waals surface area contributed by atoms with Crippen LogP contribution in [-0.4, -0.2) is 23.5 Å². The molecule has 1 aliphatic carbocycles. The number of carbonyl (C=O) groups excluding carboxylic acids is 1. The van der Waals surface area contributed by atoms with Crippen LogP contribution in [0.1, 0.15) is 39.0 Å². The van der Waals surface area contributed by atoms with Gasteiger partial charge in [0.15, 0.2) is 0 Å². The van der Waals surface area contributed by atoms with E-state index in [0.717, 1.165) is 19.3 Å². The van der Waals surface area contributed by atoms with Crippen molar-refractivity contribution >= 4 is 11.9 Å². The van der Waals surface area contributed by atoms with E-state index in [-0.39, 0.29) is 11.8 Å². The van der Waals surface area contributed by atoms with Crippen molar-refractivity contribution in [2.75, 3.05) is 6.54 Å². The first-order chi connectivity index (χ1) is 7.16. The second kappa shape index (κ2) is 5.73. The van der Waals surface area contributed by atoms with Crippen molar-refractivity contribution in [3.05, 3.63) is 0 Å². The van der Waals surface area contributed by atoms with Crippen LogP contribution in [0.4, 0.5) is 0 Å². The molecule has 0 heterocycles. The molecule has 2 atom stereocenters. The minimum Gasteiger partial charge on any atom is -0.481 e. The molecule has 1 rings (SSSR count). The Morgan fingerprint density at radius 2 is 1.87 bits per heavy atom. The van der Waals surface area contributed by atoms with Crippen LogP contribution in [0.3, 0.4) is 0 Å². The molecule has 2 N–H and O–H groups in total. The van der Waals surface area contributed by atoms with E-state index in [4.69, 9.17) is 5.11 Å². The number of hydrogen-bond donors (Lipinski definition) is 2. The molecule has 1 aliphatic rings. The minimum absolute atomic E-state index is 0.0797. The highest BCUT2D eigenvalue weighted by molar-refractivity contribution is 5.84. The monoisotopic (exact) mass is 213 g/mol. The lowest BCUT2D eigenvalue weighted by Crippen LogP contribution is -2.39. The summed E-state index contributed by atoms with van der Waals surface area (Å²) in [5, 5.41) is 11.8. The third-order valence-corrected chi connectivity index (χ3v) is 2.97. The molecule has 0 saturated heterocycles. The van der Waals surface area contributed by atoms with E-state index in [1.165, 1.54) is 0 Å². The van der Waals surface area contributed by atoms with Gasteiger partial charge in [-0.1, -0.05) is 19.8 Å². The Morgan fingerprint density at radius 1 is 1.27 bits per heavy atom. The molecule has 86 valence electrons. The molecular formula is C11H19NO3. The van der Waals surface area contributed by atoms with E-state index in [0.29, 0.717) is 19.4 Å². The van der Waals surface area contributed by atoms with Gasteiger partial charge in [-0.15, -0.1) is 0 Å². The summed E-state index contributed by atoms with van der Waals surface area (Å²) in [5.74, 6) is -1.70. The van der Waals surface area contributed by atoms with Gasteiger partial charge in [0, 0.05) is 6.54 Å². The average molecular weight is 213 g/mol. The number of carboxylic acids is 1. The van der Waals surface area contributed by atoms with Crippen LogP contribution < -0.4 is 5.32 Å². The van der Waals surface area contributed by atoms with E-state index in [1.54, 1.807) is 0 Å². The molecule has 0 aromatic rings. The van der Waals surface area contributed by atoms with E-state index in [9.17, 15) is 9.59 Å². The van der Waals surface area contributed by atoms with Gasteiger partial charge >= 0.3 is 5.97 Å². The number of nitrogens with one attached hydrogen (secondary N) is 1. The Labute approximate surface area is 90.0 Å². The lowest BCUT2D eigenvalue weighted by Gasteiger charge is -2.27. The molecule has 1 amide bonds. The number of rotatable bonds is 4. The highest BCUT2D eigenvalue weighted by Gasteiger charge is 2.35. The number of carboxylic acid groups (broad SMARTS) is 1. The zero-order chi connectivity index (χ0) is 11.3. The quantitative estimate of drug-likeness (QED) is 0.742. The summed E-state index contributed by atoms with van der Waals surface area (Å²) in [6, 6.07) is 0. The van der Waals surface area contributed by atoms with Gasteiger partial charge < -0.3 is 10.4 Å². The van der Waals surface area contributed by atoms with Crippen LogP contribution in [0.15, 0.2) is 0 Å². The first kappa shape index (κ1) is 12.0. The summed E-state index contributed by atoms with van der Waals surface area (Å²) in [6.07, 6.45) is 4.13. The Kier molecular flexibility index (Phi) is 4.59. The van der Waals surface area contributed by atoms with Crippen molar-refractivity contribution in [3.63, 3.8) is 0 Å². The smallest absolute Gasteiger partial charge is 0.307 e. The highest BCUT2D eigenvalue weighted by Crippen LogP contribution is 2.30. The molecular weight excluding hydrogens is 194 g/mol. The number of amides is 1. The summed E-state index contributed by atoms with van der Waals surface area (Å²) in [5.41, 5.74) is 0. The van der Waals surface area contributed by atoms with Gasteiger partial charge in [-0.3, -0.25) is 9.59 Å². The maximum atomic E-state index is 11.7. The largest absolute Gasteiger partial charge is 0.481 e. The molecule has 0 aliphatic heterocycles. The van der Waals surface area contributed by atoms with Crippen LogP contribution >= 0.6 is 0 Å². The molecule has 1 fully saturated rings. The fraction of sp³-hybridized carbons (Fsp3) is 0.818. The van der Waals surface area contributed by atoms with Crippen molar-refractivity contribution in [2.24, 2.45) is 11.8 Å². The molecule has 0 radical (unpaired) electrons. The molecule has 4 heteroatoms. The maximum Gasteiger partial charge on any atom is 0.307 e. The zero-order valence-electron chi connectivity index (χ0n) is 9.16.